The van der Waals surface area contributed by atoms with E-state index in [1.165, 1.54) is 0 Å². The predicted molar refractivity (Wildman–Crippen MR) is 73.8 cm³/mol. The molecule has 20 heavy (non-hydrogen) atoms. The molecule has 0 spiro atoms. The Labute approximate surface area is 115 Å². The minimum atomic E-state index is -0.152. The van der Waals surface area contributed by atoms with Crippen LogP contribution in [0.15, 0.2) is 30.6 Å². The molecule has 0 fully saturated rings. The summed E-state index contributed by atoms with van der Waals surface area (Å²) < 4.78 is 6.94. The number of anilines is 1. The Morgan fingerprint density at radius 3 is 2.90 bits per heavy atom. The lowest BCUT2D eigenvalue weighted by Crippen LogP contribution is -2.07. The van der Waals surface area contributed by atoms with E-state index in [0.29, 0.717) is 17.4 Å². The van der Waals surface area contributed by atoms with Gasteiger partial charge in [-0.1, -0.05) is 0 Å². The summed E-state index contributed by atoms with van der Waals surface area (Å²) in [6.45, 7) is 1.90. The molecule has 3 heterocycles. The predicted octanol–water partition coefficient (Wildman–Crippen LogP) is 1.48. The second-order valence-electron chi connectivity index (χ2n) is 4.38. The van der Waals surface area contributed by atoms with Crippen molar-refractivity contribution in [2.75, 3.05) is 12.8 Å². The van der Waals surface area contributed by atoms with Crippen LogP contribution < -0.4 is 5.73 Å². The molecular formula is C13H14N6O. The van der Waals surface area contributed by atoms with Crippen LogP contribution >= 0.6 is 0 Å². The van der Waals surface area contributed by atoms with Crippen LogP contribution in [-0.4, -0.2) is 31.7 Å². The van der Waals surface area contributed by atoms with Crippen molar-refractivity contribution in [2.45, 2.75) is 13.0 Å². The van der Waals surface area contributed by atoms with E-state index >= 15 is 0 Å². The van der Waals surface area contributed by atoms with Gasteiger partial charge in [-0.15, -0.1) is 10.2 Å². The second kappa shape index (κ2) is 4.86. The Morgan fingerprint density at radius 2 is 2.20 bits per heavy atom. The van der Waals surface area contributed by atoms with Gasteiger partial charge >= 0.3 is 0 Å². The molecule has 3 aromatic rings. The van der Waals surface area contributed by atoms with E-state index in [0.717, 1.165) is 11.3 Å². The van der Waals surface area contributed by atoms with Gasteiger partial charge in [-0.2, -0.15) is 0 Å². The molecule has 0 aromatic carbocycles. The molecule has 0 saturated carbocycles. The van der Waals surface area contributed by atoms with Gasteiger partial charge in [0.1, 0.15) is 0 Å². The number of hydrogen-bond donors (Lipinski definition) is 1. The van der Waals surface area contributed by atoms with Gasteiger partial charge in [0.2, 0.25) is 5.95 Å². The number of nitrogens with zero attached hydrogens (tertiary/aromatic N) is 5. The number of hydrogen-bond acceptors (Lipinski definition) is 6. The van der Waals surface area contributed by atoms with Gasteiger partial charge in [0.25, 0.3) is 0 Å². The quantitative estimate of drug-likeness (QED) is 0.775. The summed E-state index contributed by atoms with van der Waals surface area (Å²) in [6, 6.07) is 5.55. The Hall–Kier alpha value is -2.54. The van der Waals surface area contributed by atoms with Crippen LogP contribution in [0.3, 0.4) is 0 Å². The van der Waals surface area contributed by atoms with Crippen molar-refractivity contribution in [3.8, 4) is 11.4 Å². The van der Waals surface area contributed by atoms with Gasteiger partial charge in [0, 0.05) is 31.1 Å². The van der Waals surface area contributed by atoms with Crippen molar-refractivity contribution in [1.82, 2.24) is 24.6 Å². The van der Waals surface area contributed by atoms with Gasteiger partial charge in [-0.25, -0.2) is 9.38 Å². The van der Waals surface area contributed by atoms with E-state index in [9.17, 15) is 0 Å². The maximum atomic E-state index is 6.03. The van der Waals surface area contributed by atoms with Crippen LogP contribution in [0.4, 0.5) is 5.95 Å². The topological polar surface area (TPSA) is 91.2 Å². The molecule has 0 aliphatic rings. The second-order valence-corrected chi connectivity index (χ2v) is 4.38. The Bertz CT molecular complexity index is 739. The molecule has 7 nitrogen and oxygen atoms in total. The maximum Gasteiger partial charge on any atom is 0.208 e. The van der Waals surface area contributed by atoms with E-state index in [4.69, 9.17) is 10.5 Å². The van der Waals surface area contributed by atoms with Crippen molar-refractivity contribution in [3.05, 3.63) is 36.3 Å². The van der Waals surface area contributed by atoms with Crippen molar-refractivity contribution in [3.63, 3.8) is 0 Å². The molecule has 0 saturated heterocycles. The molecule has 0 aliphatic heterocycles. The summed E-state index contributed by atoms with van der Waals surface area (Å²) in [5, 5.41) is 8.31. The zero-order valence-electron chi connectivity index (χ0n) is 11.2. The lowest BCUT2D eigenvalue weighted by molar-refractivity contribution is 0.116. The first-order chi connectivity index (χ1) is 9.70. The Balaban J connectivity index is 2.19. The zero-order chi connectivity index (χ0) is 14.1. The van der Waals surface area contributed by atoms with Crippen LogP contribution in [-0.2, 0) is 4.74 Å². The van der Waals surface area contributed by atoms with Gasteiger partial charge in [-0.05, 0) is 19.1 Å². The number of pyridine rings is 1. The Morgan fingerprint density at radius 1 is 1.35 bits per heavy atom. The third-order valence-electron chi connectivity index (χ3n) is 3.13. The lowest BCUT2D eigenvalue weighted by Gasteiger charge is -2.10. The molecule has 3 rings (SSSR count). The largest absolute Gasteiger partial charge is 0.375 e. The highest BCUT2D eigenvalue weighted by molar-refractivity contribution is 5.61. The standard InChI is InChI=1S/C13H14N6O/c1-8(20-2)10-6-11-17-18-12(19(11)13(14)16-10)9-4-3-5-15-7-9/h3-8H,1-2H3,(H2,14,16). The number of aromatic nitrogens is 5. The molecule has 1 atom stereocenters. The lowest BCUT2D eigenvalue weighted by atomic mass is 10.2. The highest BCUT2D eigenvalue weighted by atomic mass is 16.5. The van der Waals surface area contributed by atoms with Crippen LogP contribution in [0.2, 0.25) is 0 Å². The SMILES string of the molecule is COC(C)c1cc2nnc(-c3cccnc3)n2c(N)n1. The normalized spacial score (nSPS) is 12.7. The minimum Gasteiger partial charge on any atom is -0.375 e. The van der Waals surface area contributed by atoms with Gasteiger partial charge in [0.15, 0.2) is 11.5 Å². The molecular weight excluding hydrogens is 256 g/mol. The molecule has 0 amide bonds. The van der Waals surface area contributed by atoms with Gasteiger partial charge in [-0.3, -0.25) is 4.98 Å². The fourth-order valence-corrected chi connectivity index (χ4v) is 1.97. The number of ether oxygens (including phenoxy) is 1. The van der Waals surface area contributed by atoms with Crippen molar-refractivity contribution >= 4 is 11.6 Å². The first-order valence-electron chi connectivity index (χ1n) is 6.15. The van der Waals surface area contributed by atoms with Crippen LogP contribution in [0, 0.1) is 0 Å². The van der Waals surface area contributed by atoms with E-state index in [1.54, 1.807) is 23.9 Å². The minimum absolute atomic E-state index is 0.152. The van der Waals surface area contributed by atoms with Crippen LogP contribution in [0.25, 0.3) is 17.0 Å². The van der Waals surface area contributed by atoms with E-state index < -0.39 is 0 Å². The monoisotopic (exact) mass is 270 g/mol. The Kier molecular flexibility index (Phi) is 3.03. The summed E-state index contributed by atoms with van der Waals surface area (Å²) >= 11 is 0. The third kappa shape index (κ3) is 1.97. The third-order valence-corrected chi connectivity index (χ3v) is 3.13. The fourth-order valence-electron chi connectivity index (χ4n) is 1.97. The average Bonchev–Trinajstić information content (AvgIpc) is 2.91. The summed E-state index contributed by atoms with van der Waals surface area (Å²) in [5.41, 5.74) is 8.22. The highest BCUT2D eigenvalue weighted by Gasteiger charge is 2.15. The number of fused-ring (bicyclic) bond motifs is 1. The average molecular weight is 270 g/mol. The fraction of sp³-hybridized carbons (Fsp3) is 0.231. The summed E-state index contributed by atoms with van der Waals surface area (Å²) in [5.74, 6) is 0.944. The van der Waals surface area contributed by atoms with Crippen LogP contribution in [0.1, 0.15) is 18.7 Å². The number of rotatable bonds is 3. The maximum absolute atomic E-state index is 6.03. The van der Waals surface area contributed by atoms with Crippen molar-refractivity contribution in [1.29, 1.82) is 0 Å². The molecule has 0 bridgehead atoms. The summed E-state index contributed by atoms with van der Waals surface area (Å²) in [4.78, 5) is 8.42. The first kappa shape index (κ1) is 12.5. The molecule has 3 aromatic heterocycles. The number of nitrogen functional groups attached to an aromatic ring is 1. The smallest absolute Gasteiger partial charge is 0.208 e. The first-order valence-corrected chi connectivity index (χ1v) is 6.15. The molecule has 0 aliphatic carbocycles. The van der Waals surface area contributed by atoms with Crippen molar-refractivity contribution < 1.29 is 4.74 Å². The van der Waals surface area contributed by atoms with Crippen molar-refractivity contribution in [2.24, 2.45) is 0 Å². The van der Waals surface area contributed by atoms with E-state index in [-0.39, 0.29) is 6.10 Å². The van der Waals surface area contributed by atoms with E-state index in [1.807, 2.05) is 25.1 Å². The molecule has 2 N–H and O–H groups in total. The molecule has 1 unspecified atom stereocenters. The highest BCUT2D eigenvalue weighted by Crippen LogP contribution is 2.22. The molecule has 102 valence electrons. The van der Waals surface area contributed by atoms with E-state index in [2.05, 4.69) is 20.2 Å². The van der Waals surface area contributed by atoms with Crippen LogP contribution in [0.5, 0.6) is 0 Å². The van der Waals surface area contributed by atoms with Gasteiger partial charge < -0.3 is 10.5 Å². The zero-order valence-corrected chi connectivity index (χ0v) is 11.2. The molecule has 7 heteroatoms. The summed E-state index contributed by atoms with van der Waals surface area (Å²) in [7, 11) is 1.62. The number of nitrogens with two attached hydrogens (primary N) is 1. The summed E-state index contributed by atoms with van der Waals surface area (Å²) in [6.07, 6.45) is 3.26. The molecule has 0 radical (unpaired) electrons. The number of methoxy groups -OCH3 is 1. The van der Waals surface area contributed by atoms with Gasteiger partial charge in [0.05, 0.1) is 11.8 Å².